The van der Waals surface area contributed by atoms with Gasteiger partial charge in [-0.3, -0.25) is 4.79 Å². The van der Waals surface area contributed by atoms with Gasteiger partial charge in [0.25, 0.3) is 5.91 Å². The molecule has 0 aromatic heterocycles. The van der Waals surface area contributed by atoms with Gasteiger partial charge in [0.1, 0.15) is 5.75 Å². The summed E-state index contributed by atoms with van der Waals surface area (Å²) in [6.45, 7) is 1.85. The Morgan fingerprint density at radius 2 is 2.32 bits per heavy atom. The molecule has 2 aliphatic rings. The van der Waals surface area contributed by atoms with Crippen LogP contribution in [0.4, 0.5) is 0 Å². The van der Waals surface area contributed by atoms with Gasteiger partial charge in [-0.1, -0.05) is 18.0 Å². The van der Waals surface area contributed by atoms with Crippen LogP contribution >= 0.6 is 11.6 Å². The number of hydrogen-bond acceptors (Lipinski definition) is 3. The molecule has 0 spiro atoms. The summed E-state index contributed by atoms with van der Waals surface area (Å²) in [4.78, 5) is 11.8. The highest BCUT2D eigenvalue weighted by Crippen LogP contribution is 2.47. The van der Waals surface area contributed by atoms with Crippen molar-refractivity contribution in [3.05, 3.63) is 28.8 Å². The molecule has 22 heavy (non-hydrogen) atoms. The molecule has 2 bridgehead atoms. The van der Waals surface area contributed by atoms with E-state index in [-0.39, 0.29) is 12.5 Å². The molecule has 2 saturated carbocycles. The molecule has 3 unspecified atom stereocenters. The third kappa shape index (κ3) is 3.61. The first kappa shape index (κ1) is 15.3. The summed E-state index contributed by atoms with van der Waals surface area (Å²) < 4.78 is 5.48. The van der Waals surface area contributed by atoms with E-state index in [9.17, 15) is 4.79 Å². The number of halogens is 1. The molecular weight excluding hydrogens is 300 g/mol. The Labute approximate surface area is 135 Å². The zero-order valence-corrected chi connectivity index (χ0v) is 13.5. The Kier molecular flexibility index (Phi) is 4.67. The van der Waals surface area contributed by atoms with Crippen LogP contribution in [0.1, 0.15) is 31.2 Å². The second-order valence-electron chi connectivity index (χ2n) is 6.35. The smallest absolute Gasteiger partial charge is 0.277 e. The molecule has 0 aliphatic heterocycles. The van der Waals surface area contributed by atoms with Crippen LogP contribution in [0.15, 0.2) is 23.3 Å². The third-order valence-electron chi connectivity index (χ3n) is 4.74. The van der Waals surface area contributed by atoms with Gasteiger partial charge in [0.15, 0.2) is 6.61 Å². The predicted octanol–water partition coefficient (Wildman–Crippen LogP) is 3.57. The minimum atomic E-state index is -0.242. The molecular formula is C17H21ClN2O2. The van der Waals surface area contributed by atoms with Gasteiger partial charge in [-0.25, -0.2) is 5.43 Å². The highest BCUT2D eigenvalue weighted by atomic mass is 35.5. The molecule has 3 atom stereocenters. The van der Waals surface area contributed by atoms with Crippen LogP contribution < -0.4 is 10.2 Å². The molecule has 5 heteroatoms. The molecule has 4 nitrogen and oxygen atoms in total. The van der Waals surface area contributed by atoms with E-state index in [2.05, 4.69) is 10.5 Å². The lowest BCUT2D eigenvalue weighted by atomic mass is 9.90. The first-order valence-electron chi connectivity index (χ1n) is 7.83. The fourth-order valence-electron chi connectivity index (χ4n) is 3.63. The molecule has 1 aromatic rings. The molecule has 2 aliphatic carbocycles. The van der Waals surface area contributed by atoms with Gasteiger partial charge in [0.05, 0.1) is 0 Å². The van der Waals surface area contributed by atoms with Gasteiger partial charge >= 0.3 is 0 Å². The summed E-state index contributed by atoms with van der Waals surface area (Å²) in [5.74, 6) is 2.62. The maximum atomic E-state index is 11.8. The number of carbonyl (C=O) groups is 1. The summed E-state index contributed by atoms with van der Waals surface area (Å²) >= 11 is 5.88. The summed E-state index contributed by atoms with van der Waals surface area (Å²) in [6.07, 6.45) is 7.16. The monoisotopic (exact) mass is 320 g/mol. The van der Waals surface area contributed by atoms with Crippen LogP contribution in [-0.4, -0.2) is 18.7 Å². The molecule has 0 radical (unpaired) electrons. The van der Waals surface area contributed by atoms with Gasteiger partial charge < -0.3 is 4.74 Å². The zero-order chi connectivity index (χ0) is 15.5. The standard InChI is InChI=1S/C17H21ClN2O2/c1-11-6-15(18)4-5-16(11)22-10-17(21)20-19-9-14-8-12-2-3-13(14)7-12/h4-6,9,12-14H,2-3,7-8,10H2,1H3,(H,20,21). The molecule has 2 fully saturated rings. The number of aryl methyl sites for hydroxylation is 1. The summed E-state index contributed by atoms with van der Waals surface area (Å²) in [5.41, 5.74) is 3.46. The van der Waals surface area contributed by atoms with Crippen molar-refractivity contribution < 1.29 is 9.53 Å². The maximum Gasteiger partial charge on any atom is 0.277 e. The average molecular weight is 321 g/mol. The highest BCUT2D eigenvalue weighted by Gasteiger charge is 2.38. The van der Waals surface area contributed by atoms with Crippen LogP contribution in [0.5, 0.6) is 5.75 Å². The molecule has 118 valence electrons. The van der Waals surface area contributed by atoms with Gasteiger partial charge in [-0.05, 0) is 67.7 Å². The number of hydrazone groups is 1. The van der Waals surface area contributed by atoms with E-state index in [1.165, 1.54) is 25.7 Å². The van der Waals surface area contributed by atoms with Crippen LogP contribution in [0.3, 0.4) is 0 Å². The van der Waals surface area contributed by atoms with Gasteiger partial charge in [0, 0.05) is 11.2 Å². The van der Waals surface area contributed by atoms with Crippen molar-refractivity contribution in [3.8, 4) is 5.75 Å². The lowest BCUT2D eigenvalue weighted by Crippen LogP contribution is -2.25. The number of hydrogen-bond donors (Lipinski definition) is 1. The highest BCUT2D eigenvalue weighted by molar-refractivity contribution is 6.30. The number of ether oxygens (including phenoxy) is 1. The van der Waals surface area contributed by atoms with Crippen molar-refractivity contribution in [1.29, 1.82) is 0 Å². The SMILES string of the molecule is Cc1cc(Cl)ccc1OCC(=O)NN=CC1CC2CCC1C2. The molecule has 1 aromatic carbocycles. The maximum absolute atomic E-state index is 11.8. The third-order valence-corrected chi connectivity index (χ3v) is 4.98. The average Bonchev–Trinajstić information content (AvgIpc) is 3.09. The van der Waals surface area contributed by atoms with E-state index in [4.69, 9.17) is 16.3 Å². The first-order valence-corrected chi connectivity index (χ1v) is 8.20. The molecule has 3 rings (SSSR count). The van der Waals surface area contributed by atoms with Gasteiger partial charge in [-0.2, -0.15) is 5.10 Å². The van der Waals surface area contributed by atoms with E-state index < -0.39 is 0 Å². The van der Waals surface area contributed by atoms with Gasteiger partial charge in [0.2, 0.25) is 0 Å². The van der Waals surface area contributed by atoms with Crippen LogP contribution in [0.2, 0.25) is 5.02 Å². The summed E-state index contributed by atoms with van der Waals surface area (Å²) in [5, 5.41) is 4.75. The number of benzene rings is 1. The van der Waals surface area contributed by atoms with Crippen molar-refractivity contribution in [1.82, 2.24) is 5.43 Å². The number of amides is 1. The summed E-state index contributed by atoms with van der Waals surface area (Å²) in [6, 6.07) is 5.32. The van der Waals surface area contributed by atoms with Crippen molar-refractivity contribution in [2.45, 2.75) is 32.6 Å². The second kappa shape index (κ2) is 6.69. The van der Waals surface area contributed by atoms with E-state index in [0.717, 1.165) is 17.4 Å². The number of nitrogens with zero attached hydrogens (tertiary/aromatic N) is 1. The summed E-state index contributed by atoms with van der Waals surface area (Å²) in [7, 11) is 0. The molecule has 0 saturated heterocycles. The largest absolute Gasteiger partial charge is 0.483 e. The van der Waals surface area contributed by atoms with Crippen LogP contribution in [-0.2, 0) is 4.79 Å². The second-order valence-corrected chi connectivity index (χ2v) is 6.79. The number of nitrogens with one attached hydrogen (secondary N) is 1. The van der Waals surface area contributed by atoms with Crippen molar-refractivity contribution >= 4 is 23.7 Å². The van der Waals surface area contributed by atoms with Crippen LogP contribution in [0.25, 0.3) is 0 Å². The van der Waals surface area contributed by atoms with Crippen molar-refractivity contribution in [2.75, 3.05) is 6.61 Å². The Hall–Kier alpha value is -1.55. The van der Waals surface area contributed by atoms with Gasteiger partial charge in [-0.15, -0.1) is 0 Å². The first-order chi connectivity index (χ1) is 10.6. The molecule has 1 amide bonds. The lowest BCUT2D eigenvalue weighted by molar-refractivity contribution is -0.123. The topological polar surface area (TPSA) is 50.7 Å². The van der Waals surface area contributed by atoms with E-state index >= 15 is 0 Å². The normalized spacial score (nSPS) is 26.5. The quantitative estimate of drug-likeness (QED) is 0.666. The van der Waals surface area contributed by atoms with Crippen LogP contribution in [0, 0.1) is 24.7 Å². The number of rotatable bonds is 5. The van der Waals surface area contributed by atoms with E-state index in [1.807, 2.05) is 19.2 Å². The molecule has 1 N–H and O–H groups in total. The molecule has 0 heterocycles. The van der Waals surface area contributed by atoms with Crippen molar-refractivity contribution in [3.63, 3.8) is 0 Å². The fourth-order valence-corrected chi connectivity index (χ4v) is 3.86. The number of fused-ring (bicyclic) bond motifs is 2. The zero-order valence-electron chi connectivity index (χ0n) is 12.7. The Balaban J connectivity index is 1.43. The lowest BCUT2D eigenvalue weighted by Gasteiger charge is -2.16. The Bertz CT molecular complexity index is 588. The minimum Gasteiger partial charge on any atom is -0.483 e. The Morgan fingerprint density at radius 1 is 1.45 bits per heavy atom. The van der Waals surface area contributed by atoms with E-state index in [1.54, 1.807) is 12.1 Å². The minimum absolute atomic E-state index is 0.0451. The van der Waals surface area contributed by atoms with E-state index in [0.29, 0.717) is 16.7 Å². The number of carbonyl (C=O) groups excluding carboxylic acids is 1. The Morgan fingerprint density at radius 3 is 3.00 bits per heavy atom. The predicted molar refractivity (Wildman–Crippen MR) is 87.3 cm³/mol. The fraction of sp³-hybridized carbons (Fsp3) is 0.529. The van der Waals surface area contributed by atoms with Crippen molar-refractivity contribution in [2.24, 2.45) is 22.9 Å².